The van der Waals surface area contributed by atoms with E-state index in [2.05, 4.69) is 20.5 Å². The molecule has 2 aromatic heterocycles. The number of hydrogen-bond acceptors (Lipinski definition) is 4. The molecule has 4 rings (SSSR count). The number of aromatic amines is 1. The van der Waals surface area contributed by atoms with Gasteiger partial charge >= 0.3 is 0 Å². The number of benzene rings is 1. The van der Waals surface area contributed by atoms with Crippen LogP contribution in [0.15, 0.2) is 54.9 Å². The minimum atomic E-state index is -0.225. The smallest absolute Gasteiger partial charge is 0.271 e. The lowest BCUT2D eigenvalue weighted by atomic mass is 9.96. The highest BCUT2D eigenvalue weighted by molar-refractivity contribution is 5.95. The van der Waals surface area contributed by atoms with E-state index >= 15 is 0 Å². The van der Waals surface area contributed by atoms with Gasteiger partial charge in [-0.15, -0.1) is 0 Å². The largest absolute Gasteiger partial charge is 0.337 e. The summed E-state index contributed by atoms with van der Waals surface area (Å²) in [5, 5.41) is 10.0. The monoisotopic (exact) mass is 389 g/mol. The number of carbonyl (C=O) groups is 2. The quantitative estimate of drug-likeness (QED) is 0.716. The molecule has 1 fully saturated rings. The van der Waals surface area contributed by atoms with Crippen molar-refractivity contribution in [2.24, 2.45) is 5.92 Å². The van der Waals surface area contributed by atoms with Crippen LogP contribution in [0.25, 0.3) is 11.3 Å². The SMILES string of the molecule is Cc1ccc(NC(=O)C2CCCN(C(=O)c3cc(-c4ccncc4)n[nH]3)C2)cc1. The summed E-state index contributed by atoms with van der Waals surface area (Å²) < 4.78 is 0. The molecule has 1 aliphatic heterocycles. The molecule has 0 radical (unpaired) electrons. The first-order valence-electron chi connectivity index (χ1n) is 9.73. The molecule has 3 heterocycles. The second kappa shape index (κ2) is 8.26. The molecular weight excluding hydrogens is 366 g/mol. The van der Waals surface area contributed by atoms with Crippen LogP contribution in [-0.2, 0) is 4.79 Å². The normalized spacial score (nSPS) is 16.4. The van der Waals surface area contributed by atoms with Crippen LogP contribution in [0, 0.1) is 12.8 Å². The highest BCUT2D eigenvalue weighted by Gasteiger charge is 2.29. The number of pyridine rings is 1. The summed E-state index contributed by atoms with van der Waals surface area (Å²) in [6.07, 6.45) is 4.94. The molecule has 1 aromatic carbocycles. The maximum Gasteiger partial charge on any atom is 0.271 e. The number of carbonyl (C=O) groups excluding carboxylic acids is 2. The van der Waals surface area contributed by atoms with Crippen molar-refractivity contribution in [3.63, 3.8) is 0 Å². The Morgan fingerprint density at radius 2 is 1.90 bits per heavy atom. The van der Waals surface area contributed by atoms with Crippen LogP contribution in [0.2, 0.25) is 0 Å². The molecule has 2 N–H and O–H groups in total. The highest BCUT2D eigenvalue weighted by atomic mass is 16.2. The van der Waals surface area contributed by atoms with E-state index in [0.29, 0.717) is 24.5 Å². The molecule has 3 aromatic rings. The van der Waals surface area contributed by atoms with Crippen molar-refractivity contribution in [3.05, 3.63) is 66.1 Å². The fourth-order valence-electron chi connectivity index (χ4n) is 3.53. The van der Waals surface area contributed by atoms with Crippen molar-refractivity contribution in [2.45, 2.75) is 19.8 Å². The van der Waals surface area contributed by atoms with E-state index in [9.17, 15) is 9.59 Å². The van der Waals surface area contributed by atoms with E-state index in [1.165, 1.54) is 0 Å². The van der Waals surface area contributed by atoms with Gasteiger partial charge in [0.2, 0.25) is 5.91 Å². The fraction of sp³-hybridized carbons (Fsp3) is 0.273. The Labute approximate surface area is 169 Å². The number of hydrogen-bond donors (Lipinski definition) is 2. The average Bonchev–Trinajstić information content (AvgIpc) is 3.26. The van der Waals surface area contributed by atoms with Crippen LogP contribution in [0.3, 0.4) is 0 Å². The molecule has 1 unspecified atom stereocenters. The van der Waals surface area contributed by atoms with Gasteiger partial charge in [0.05, 0.1) is 11.6 Å². The minimum absolute atomic E-state index is 0.0477. The molecule has 0 aliphatic carbocycles. The third-order valence-electron chi connectivity index (χ3n) is 5.18. The third kappa shape index (κ3) is 4.34. The number of aryl methyl sites for hydroxylation is 1. The molecule has 0 saturated carbocycles. The Morgan fingerprint density at radius 3 is 2.66 bits per heavy atom. The zero-order valence-electron chi connectivity index (χ0n) is 16.3. The minimum Gasteiger partial charge on any atom is -0.337 e. The number of anilines is 1. The first kappa shape index (κ1) is 18.9. The Balaban J connectivity index is 1.41. The van der Waals surface area contributed by atoms with Crippen LogP contribution < -0.4 is 5.32 Å². The van der Waals surface area contributed by atoms with Gasteiger partial charge in [-0.2, -0.15) is 5.10 Å². The summed E-state index contributed by atoms with van der Waals surface area (Å²) >= 11 is 0. The van der Waals surface area contributed by atoms with E-state index in [-0.39, 0.29) is 17.7 Å². The fourth-order valence-corrected chi connectivity index (χ4v) is 3.53. The molecule has 29 heavy (non-hydrogen) atoms. The van der Waals surface area contributed by atoms with Crippen LogP contribution in [0.4, 0.5) is 5.69 Å². The van der Waals surface area contributed by atoms with Crippen molar-refractivity contribution in [2.75, 3.05) is 18.4 Å². The summed E-state index contributed by atoms with van der Waals surface area (Å²) in [6, 6.07) is 13.1. The second-order valence-electron chi connectivity index (χ2n) is 7.35. The second-order valence-corrected chi connectivity index (χ2v) is 7.35. The van der Waals surface area contributed by atoms with Crippen molar-refractivity contribution in [1.29, 1.82) is 0 Å². The first-order valence-corrected chi connectivity index (χ1v) is 9.73. The zero-order chi connectivity index (χ0) is 20.2. The molecule has 1 aliphatic rings. The standard InChI is InChI=1S/C22H23N5O2/c1-15-4-6-18(7-5-15)24-21(28)17-3-2-12-27(14-17)22(29)20-13-19(25-26-20)16-8-10-23-11-9-16/h4-11,13,17H,2-3,12,14H2,1H3,(H,24,28)(H,25,26). The van der Waals surface area contributed by atoms with E-state index in [1.807, 2.05) is 43.3 Å². The van der Waals surface area contributed by atoms with Crippen molar-refractivity contribution in [3.8, 4) is 11.3 Å². The molecule has 1 saturated heterocycles. The Hall–Kier alpha value is -3.48. The number of H-pyrrole nitrogens is 1. The maximum atomic E-state index is 12.9. The van der Waals surface area contributed by atoms with E-state index in [4.69, 9.17) is 0 Å². The van der Waals surface area contributed by atoms with Crippen LogP contribution in [0.5, 0.6) is 0 Å². The van der Waals surface area contributed by atoms with Gasteiger partial charge in [-0.3, -0.25) is 19.7 Å². The van der Waals surface area contributed by atoms with Gasteiger partial charge in [0.1, 0.15) is 5.69 Å². The number of nitrogens with zero attached hydrogens (tertiary/aromatic N) is 3. The van der Waals surface area contributed by atoms with Crippen LogP contribution >= 0.6 is 0 Å². The summed E-state index contributed by atoms with van der Waals surface area (Å²) in [6.45, 7) is 3.04. The van der Waals surface area contributed by atoms with Gasteiger partial charge in [0, 0.05) is 36.7 Å². The van der Waals surface area contributed by atoms with E-state index < -0.39 is 0 Å². The van der Waals surface area contributed by atoms with E-state index in [1.54, 1.807) is 23.4 Å². The van der Waals surface area contributed by atoms with Crippen molar-refractivity contribution in [1.82, 2.24) is 20.1 Å². The van der Waals surface area contributed by atoms with Gasteiger partial charge in [-0.25, -0.2) is 0 Å². The van der Waals surface area contributed by atoms with Gasteiger partial charge in [-0.1, -0.05) is 17.7 Å². The van der Waals surface area contributed by atoms with Crippen molar-refractivity contribution >= 4 is 17.5 Å². The molecule has 7 nitrogen and oxygen atoms in total. The number of rotatable bonds is 4. The molecular formula is C22H23N5O2. The van der Waals surface area contributed by atoms with Gasteiger partial charge in [0.25, 0.3) is 5.91 Å². The summed E-state index contributed by atoms with van der Waals surface area (Å²) in [7, 11) is 0. The van der Waals surface area contributed by atoms with Gasteiger partial charge in [-0.05, 0) is 50.1 Å². The van der Waals surface area contributed by atoms with Crippen LogP contribution in [0.1, 0.15) is 28.9 Å². The number of likely N-dealkylation sites (tertiary alicyclic amines) is 1. The number of amides is 2. The molecule has 0 spiro atoms. The lowest BCUT2D eigenvalue weighted by molar-refractivity contribution is -0.121. The molecule has 7 heteroatoms. The predicted octanol–water partition coefficient (Wildman–Crippen LogP) is 3.27. The predicted molar refractivity (Wildman–Crippen MR) is 110 cm³/mol. The van der Waals surface area contributed by atoms with Crippen molar-refractivity contribution < 1.29 is 9.59 Å². The number of piperidine rings is 1. The Morgan fingerprint density at radius 1 is 1.14 bits per heavy atom. The first-order chi connectivity index (χ1) is 14.1. The topological polar surface area (TPSA) is 91.0 Å². The molecule has 2 amide bonds. The maximum absolute atomic E-state index is 12.9. The van der Waals surface area contributed by atoms with Gasteiger partial charge in [0.15, 0.2) is 0 Å². The number of nitrogens with one attached hydrogen (secondary N) is 2. The molecule has 0 bridgehead atoms. The average molecular weight is 389 g/mol. The van der Waals surface area contributed by atoms with Crippen LogP contribution in [-0.4, -0.2) is 45.0 Å². The lowest BCUT2D eigenvalue weighted by Crippen LogP contribution is -2.43. The Kier molecular flexibility index (Phi) is 5.37. The molecule has 1 atom stereocenters. The third-order valence-corrected chi connectivity index (χ3v) is 5.18. The summed E-state index contributed by atoms with van der Waals surface area (Å²) in [4.78, 5) is 31.3. The lowest BCUT2D eigenvalue weighted by Gasteiger charge is -2.31. The molecule has 148 valence electrons. The van der Waals surface area contributed by atoms with Gasteiger partial charge < -0.3 is 10.2 Å². The number of aromatic nitrogens is 3. The summed E-state index contributed by atoms with van der Waals surface area (Å²) in [5.41, 5.74) is 3.94. The summed E-state index contributed by atoms with van der Waals surface area (Å²) in [5.74, 6) is -0.407. The van der Waals surface area contributed by atoms with E-state index in [0.717, 1.165) is 29.7 Å². The zero-order valence-corrected chi connectivity index (χ0v) is 16.3. The highest BCUT2D eigenvalue weighted by Crippen LogP contribution is 2.22. The Bertz CT molecular complexity index is 998.